The Labute approximate surface area is 130 Å². The highest BCUT2D eigenvalue weighted by molar-refractivity contribution is 7.98. The van der Waals surface area contributed by atoms with Crippen LogP contribution >= 0.6 is 11.8 Å². The summed E-state index contributed by atoms with van der Waals surface area (Å²) in [5, 5.41) is 6.38. The minimum atomic E-state index is -0.133. The third-order valence-corrected chi connectivity index (χ3v) is 3.73. The molecule has 1 aromatic carbocycles. The van der Waals surface area contributed by atoms with Crippen molar-refractivity contribution < 1.29 is 9.13 Å². The van der Waals surface area contributed by atoms with Crippen LogP contribution in [0.1, 0.15) is 12.5 Å². The van der Waals surface area contributed by atoms with Crippen LogP contribution in [-0.2, 0) is 10.5 Å². The zero-order chi connectivity index (χ0) is 15.3. The minimum absolute atomic E-state index is 0.133. The Morgan fingerprint density at radius 2 is 2.05 bits per heavy atom. The number of nitrogens with one attached hydrogen (secondary N) is 2. The fourth-order valence-electron chi connectivity index (χ4n) is 1.65. The van der Waals surface area contributed by atoms with Gasteiger partial charge in [-0.3, -0.25) is 4.99 Å². The van der Waals surface area contributed by atoms with Gasteiger partial charge in [0.15, 0.2) is 5.96 Å². The van der Waals surface area contributed by atoms with Crippen molar-refractivity contribution in [3.63, 3.8) is 0 Å². The smallest absolute Gasteiger partial charge is 0.191 e. The Hall–Kier alpha value is -1.27. The van der Waals surface area contributed by atoms with Gasteiger partial charge in [-0.1, -0.05) is 18.2 Å². The number of thioether (sulfide) groups is 1. The van der Waals surface area contributed by atoms with Gasteiger partial charge in [0.2, 0.25) is 0 Å². The molecule has 0 fully saturated rings. The second kappa shape index (κ2) is 11.4. The highest BCUT2D eigenvalue weighted by atomic mass is 32.2. The van der Waals surface area contributed by atoms with E-state index in [9.17, 15) is 4.39 Å². The maximum atomic E-state index is 13.4. The average Bonchev–Trinajstić information content (AvgIpc) is 2.50. The highest BCUT2D eigenvalue weighted by Gasteiger charge is 2.01. The van der Waals surface area contributed by atoms with Crippen LogP contribution in [0.25, 0.3) is 0 Å². The van der Waals surface area contributed by atoms with E-state index in [1.54, 1.807) is 24.9 Å². The third kappa shape index (κ3) is 7.92. The Morgan fingerprint density at radius 1 is 1.29 bits per heavy atom. The molecule has 21 heavy (non-hydrogen) atoms. The molecule has 0 saturated heterocycles. The summed E-state index contributed by atoms with van der Waals surface area (Å²) in [5.74, 6) is 2.21. The number of benzene rings is 1. The first-order valence-corrected chi connectivity index (χ1v) is 8.26. The highest BCUT2D eigenvalue weighted by Crippen LogP contribution is 2.14. The molecular formula is C15H24FN3OS. The van der Waals surface area contributed by atoms with Crippen LogP contribution in [0.3, 0.4) is 0 Å². The molecule has 118 valence electrons. The molecule has 0 aromatic heterocycles. The van der Waals surface area contributed by atoms with Gasteiger partial charge >= 0.3 is 0 Å². The van der Waals surface area contributed by atoms with Crippen molar-refractivity contribution in [3.05, 3.63) is 35.6 Å². The van der Waals surface area contributed by atoms with Gasteiger partial charge in [0.05, 0.1) is 6.61 Å². The molecule has 6 heteroatoms. The molecule has 0 atom stereocenters. The normalized spacial score (nSPS) is 11.5. The van der Waals surface area contributed by atoms with E-state index in [0.717, 1.165) is 37.0 Å². The van der Waals surface area contributed by atoms with Gasteiger partial charge in [-0.05, 0) is 18.6 Å². The molecule has 1 aromatic rings. The summed E-state index contributed by atoms with van der Waals surface area (Å²) in [7, 11) is 1.74. The summed E-state index contributed by atoms with van der Waals surface area (Å²) in [5.41, 5.74) is 0.752. The van der Waals surface area contributed by atoms with Crippen LogP contribution in [0, 0.1) is 5.82 Å². The maximum Gasteiger partial charge on any atom is 0.191 e. The molecule has 0 spiro atoms. The molecule has 4 nitrogen and oxygen atoms in total. The van der Waals surface area contributed by atoms with Crippen molar-refractivity contribution in [2.45, 2.75) is 12.7 Å². The molecule has 1 rings (SSSR count). The number of hydrogen-bond acceptors (Lipinski definition) is 3. The third-order valence-electron chi connectivity index (χ3n) is 2.72. The van der Waals surface area contributed by atoms with Crippen molar-refractivity contribution in [1.82, 2.24) is 10.6 Å². The average molecular weight is 313 g/mol. The summed E-state index contributed by atoms with van der Waals surface area (Å²) < 4.78 is 18.7. The summed E-state index contributed by atoms with van der Waals surface area (Å²) >= 11 is 1.69. The topological polar surface area (TPSA) is 45.6 Å². The number of ether oxygens (including phenoxy) is 1. The first kappa shape index (κ1) is 17.8. The minimum Gasteiger partial charge on any atom is -0.380 e. The zero-order valence-electron chi connectivity index (χ0n) is 12.7. The lowest BCUT2D eigenvalue weighted by molar-refractivity contribution is 0.152. The van der Waals surface area contributed by atoms with E-state index in [2.05, 4.69) is 15.6 Å². The Balaban J connectivity index is 2.11. The van der Waals surface area contributed by atoms with Crippen molar-refractivity contribution in [3.8, 4) is 0 Å². The summed E-state index contributed by atoms with van der Waals surface area (Å²) in [4.78, 5) is 4.13. The summed E-state index contributed by atoms with van der Waals surface area (Å²) in [6.45, 7) is 4.88. The largest absolute Gasteiger partial charge is 0.380 e. The van der Waals surface area contributed by atoms with Gasteiger partial charge in [0.25, 0.3) is 0 Å². The maximum absolute atomic E-state index is 13.4. The van der Waals surface area contributed by atoms with Crippen LogP contribution in [0.4, 0.5) is 4.39 Å². The second-order valence-electron chi connectivity index (χ2n) is 4.27. The molecule has 0 bridgehead atoms. The first-order chi connectivity index (χ1) is 10.3. The van der Waals surface area contributed by atoms with Gasteiger partial charge in [-0.2, -0.15) is 11.8 Å². The predicted octanol–water partition coefficient (Wildman–Crippen LogP) is 2.26. The van der Waals surface area contributed by atoms with Crippen molar-refractivity contribution in [2.75, 3.05) is 39.1 Å². The lowest BCUT2D eigenvalue weighted by atomic mass is 10.2. The van der Waals surface area contributed by atoms with Gasteiger partial charge < -0.3 is 15.4 Å². The molecule has 0 amide bonds. The molecule has 0 aliphatic heterocycles. The van der Waals surface area contributed by atoms with Crippen molar-refractivity contribution in [1.29, 1.82) is 0 Å². The fraction of sp³-hybridized carbons (Fsp3) is 0.533. The number of halogens is 1. The Kier molecular flexibility index (Phi) is 9.65. The Bertz CT molecular complexity index is 429. The molecule has 0 unspecified atom stereocenters. The van der Waals surface area contributed by atoms with Gasteiger partial charge in [-0.15, -0.1) is 0 Å². The molecule has 0 saturated carbocycles. The number of hydrogen-bond donors (Lipinski definition) is 2. The van der Waals surface area contributed by atoms with Crippen LogP contribution < -0.4 is 10.6 Å². The quantitative estimate of drug-likeness (QED) is 0.417. The lowest BCUT2D eigenvalue weighted by Crippen LogP contribution is -2.39. The zero-order valence-corrected chi connectivity index (χ0v) is 13.5. The van der Waals surface area contributed by atoms with Crippen LogP contribution in [0.2, 0.25) is 0 Å². The van der Waals surface area contributed by atoms with Crippen LogP contribution in [0.5, 0.6) is 0 Å². The predicted molar refractivity (Wildman–Crippen MR) is 88.4 cm³/mol. The number of rotatable bonds is 9. The summed E-state index contributed by atoms with van der Waals surface area (Å²) in [6.07, 6.45) is 0. The lowest BCUT2D eigenvalue weighted by Gasteiger charge is -2.11. The molecule has 0 heterocycles. The van der Waals surface area contributed by atoms with E-state index in [-0.39, 0.29) is 5.82 Å². The van der Waals surface area contributed by atoms with Gasteiger partial charge in [-0.25, -0.2) is 4.39 Å². The van der Waals surface area contributed by atoms with E-state index < -0.39 is 0 Å². The number of aliphatic imine (C=N–C) groups is 1. The molecule has 0 radical (unpaired) electrons. The monoisotopic (exact) mass is 313 g/mol. The number of nitrogens with zero attached hydrogens (tertiary/aromatic N) is 1. The van der Waals surface area contributed by atoms with E-state index in [4.69, 9.17) is 4.74 Å². The standard InChI is InChI=1S/C15H24FN3OS/c1-3-20-10-8-18-15(17-2)19-9-11-21-12-13-6-4-5-7-14(13)16/h4-7H,3,8-12H2,1-2H3,(H2,17,18,19). The first-order valence-electron chi connectivity index (χ1n) is 7.11. The molecular weight excluding hydrogens is 289 g/mol. The fourth-order valence-corrected chi connectivity index (χ4v) is 2.49. The Morgan fingerprint density at radius 3 is 2.76 bits per heavy atom. The van der Waals surface area contributed by atoms with E-state index in [1.807, 2.05) is 19.1 Å². The second-order valence-corrected chi connectivity index (χ2v) is 5.37. The van der Waals surface area contributed by atoms with Crippen LogP contribution in [0.15, 0.2) is 29.3 Å². The molecule has 0 aliphatic rings. The van der Waals surface area contributed by atoms with E-state index in [0.29, 0.717) is 12.4 Å². The molecule has 0 aliphatic carbocycles. The van der Waals surface area contributed by atoms with E-state index in [1.165, 1.54) is 6.07 Å². The summed E-state index contributed by atoms with van der Waals surface area (Å²) in [6, 6.07) is 6.90. The number of guanidine groups is 1. The van der Waals surface area contributed by atoms with Crippen molar-refractivity contribution in [2.24, 2.45) is 4.99 Å². The van der Waals surface area contributed by atoms with Gasteiger partial charge in [0.1, 0.15) is 5.82 Å². The van der Waals surface area contributed by atoms with Crippen LogP contribution in [-0.4, -0.2) is 45.1 Å². The van der Waals surface area contributed by atoms with Crippen molar-refractivity contribution >= 4 is 17.7 Å². The molecule has 2 N–H and O–H groups in total. The van der Waals surface area contributed by atoms with Gasteiger partial charge in [0, 0.05) is 38.2 Å². The van der Waals surface area contributed by atoms with E-state index >= 15 is 0 Å². The SMILES string of the molecule is CCOCCNC(=NC)NCCSCc1ccccc1F.